The average molecular weight is 421 g/mol. The number of rotatable bonds is 11. The van der Waals surface area contributed by atoms with E-state index in [-0.39, 0.29) is 0 Å². The van der Waals surface area contributed by atoms with E-state index >= 15 is 0 Å². The summed E-state index contributed by atoms with van der Waals surface area (Å²) in [5.74, 6) is 3.35. The molecule has 1 aliphatic rings. The molecule has 1 aromatic carbocycles. The van der Waals surface area contributed by atoms with Crippen molar-refractivity contribution < 1.29 is 13.9 Å². The Balaban J connectivity index is 1.27. The highest BCUT2D eigenvalue weighted by Crippen LogP contribution is 2.34. The molecular formula is C26H32N2O3. The molecule has 5 nitrogen and oxygen atoms in total. The molecule has 1 saturated carbocycles. The monoisotopic (exact) mass is 420 g/mol. The molecule has 1 fully saturated rings. The molecule has 2 heterocycles. The molecule has 0 amide bonds. The van der Waals surface area contributed by atoms with E-state index in [1.165, 1.54) is 19.3 Å². The van der Waals surface area contributed by atoms with Crippen LogP contribution in [0, 0.1) is 12.8 Å². The molecule has 1 aliphatic carbocycles. The zero-order chi connectivity index (χ0) is 21.6. The van der Waals surface area contributed by atoms with Gasteiger partial charge in [-0.25, -0.2) is 4.98 Å². The third-order valence-corrected chi connectivity index (χ3v) is 6.31. The molecule has 0 atom stereocenters. The van der Waals surface area contributed by atoms with Crippen molar-refractivity contribution in [1.29, 1.82) is 0 Å². The minimum absolute atomic E-state index is 0.455. The van der Waals surface area contributed by atoms with E-state index in [0.717, 1.165) is 84.5 Å². The van der Waals surface area contributed by atoms with Crippen LogP contribution in [0.2, 0.25) is 0 Å². The smallest absolute Gasteiger partial charge is 0.194 e. The minimum atomic E-state index is 0.455. The van der Waals surface area contributed by atoms with Gasteiger partial charge in [0.25, 0.3) is 0 Å². The van der Waals surface area contributed by atoms with Crippen LogP contribution in [0.25, 0.3) is 22.2 Å². The van der Waals surface area contributed by atoms with Crippen molar-refractivity contribution in [3.8, 4) is 17.1 Å². The van der Waals surface area contributed by atoms with Crippen LogP contribution >= 0.6 is 0 Å². The van der Waals surface area contributed by atoms with Gasteiger partial charge < -0.3 is 9.15 Å². The van der Waals surface area contributed by atoms with Gasteiger partial charge in [0.15, 0.2) is 11.7 Å². The Morgan fingerprint density at radius 3 is 2.77 bits per heavy atom. The standard InChI is InChI=1S/C26H32N2O3/c1-18-12-13-20-15-22(24(30-2)16-23(20)28-18)25-17-27-26(31-25)11-6-4-3-5-10-21(29)14-19-8-7-9-19/h12-13,15-17,19H,3-11,14H2,1-2H3. The van der Waals surface area contributed by atoms with E-state index in [1.807, 2.05) is 25.1 Å². The Morgan fingerprint density at radius 2 is 2.00 bits per heavy atom. The van der Waals surface area contributed by atoms with E-state index in [0.29, 0.717) is 11.7 Å². The number of carbonyl (C=O) groups is 1. The van der Waals surface area contributed by atoms with Crippen molar-refractivity contribution in [2.45, 2.75) is 71.1 Å². The first kappa shape index (κ1) is 21.5. The molecule has 31 heavy (non-hydrogen) atoms. The maximum absolute atomic E-state index is 11.9. The number of benzene rings is 1. The van der Waals surface area contributed by atoms with Gasteiger partial charge >= 0.3 is 0 Å². The Hall–Kier alpha value is -2.69. The van der Waals surface area contributed by atoms with Crippen LogP contribution in [-0.2, 0) is 11.2 Å². The first-order chi connectivity index (χ1) is 15.1. The average Bonchev–Trinajstić information content (AvgIpc) is 3.21. The second-order valence-electron chi connectivity index (χ2n) is 8.77. The summed E-state index contributed by atoms with van der Waals surface area (Å²) in [6.07, 6.45) is 12.2. The number of oxazole rings is 1. The van der Waals surface area contributed by atoms with E-state index in [1.54, 1.807) is 13.3 Å². The number of Topliss-reactive ketones (excluding diaryl/α,β-unsaturated/α-hetero) is 1. The zero-order valence-corrected chi connectivity index (χ0v) is 18.7. The Kier molecular flexibility index (Phi) is 7.00. The van der Waals surface area contributed by atoms with E-state index < -0.39 is 0 Å². The molecule has 3 aromatic rings. The number of hydrogen-bond acceptors (Lipinski definition) is 5. The maximum atomic E-state index is 11.9. The molecule has 0 radical (unpaired) electrons. The van der Waals surface area contributed by atoms with Crippen molar-refractivity contribution in [2.75, 3.05) is 7.11 Å². The summed E-state index contributed by atoms with van der Waals surface area (Å²) in [4.78, 5) is 21.0. The quantitative estimate of drug-likeness (QED) is 0.333. The molecule has 4 rings (SSSR count). The minimum Gasteiger partial charge on any atom is -0.496 e. The second kappa shape index (κ2) is 10.1. The zero-order valence-electron chi connectivity index (χ0n) is 18.7. The molecule has 0 bridgehead atoms. The van der Waals surface area contributed by atoms with Gasteiger partial charge in [-0.2, -0.15) is 0 Å². The fourth-order valence-corrected chi connectivity index (χ4v) is 4.24. The lowest BCUT2D eigenvalue weighted by molar-refractivity contribution is -0.120. The predicted octanol–water partition coefficient (Wildman–Crippen LogP) is 6.46. The Labute approximate surface area is 184 Å². The molecular weight excluding hydrogens is 388 g/mol. The molecule has 0 unspecified atom stereocenters. The van der Waals surface area contributed by atoms with Crippen molar-refractivity contribution >= 4 is 16.7 Å². The first-order valence-electron chi connectivity index (χ1n) is 11.5. The van der Waals surface area contributed by atoms with Crippen LogP contribution in [0.15, 0.2) is 34.9 Å². The van der Waals surface area contributed by atoms with Gasteiger partial charge in [0.2, 0.25) is 0 Å². The van der Waals surface area contributed by atoms with Crippen LogP contribution < -0.4 is 4.74 Å². The van der Waals surface area contributed by atoms with Gasteiger partial charge in [-0.3, -0.25) is 9.78 Å². The normalized spacial score (nSPS) is 14.0. The number of aromatic nitrogens is 2. The maximum Gasteiger partial charge on any atom is 0.194 e. The van der Waals surface area contributed by atoms with Crippen LogP contribution in [0.1, 0.15) is 69.4 Å². The number of ether oxygens (including phenoxy) is 1. The molecule has 5 heteroatoms. The summed E-state index contributed by atoms with van der Waals surface area (Å²) < 4.78 is 11.6. The van der Waals surface area contributed by atoms with Crippen molar-refractivity contribution in [1.82, 2.24) is 9.97 Å². The topological polar surface area (TPSA) is 65.2 Å². The summed E-state index contributed by atoms with van der Waals surface area (Å²) in [5.41, 5.74) is 2.78. The summed E-state index contributed by atoms with van der Waals surface area (Å²) in [7, 11) is 1.66. The third-order valence-electron chi connectivity index (χ3n) is 6.31. The summed E-state index contributed by atoms with van der Waals surface area (Å²) in [5, 5.41) is 1.05. The van der Waals surface area contributed by atoms with Crippen LogP contribution in [0.3, 0.4) is 0 Å². The number of hydrogen-bond donors (Lipinski definition) is 0. The lowest BCUT2D eigenvalue weighted by atomic mass is 9.81. The molecule has 164 valence electrons. The Morgan fingerprint density at radius 1 is 1.16 bits per heavy atom. The van der Waals surface area contributed by atoms with Crippen molar-refractivity contribution in [2.24, 2.45) is 5.92 Å². The summed E-state index contributed by atoms with van der Waals surface area (Å²) in [6, 6.07) is 8.07. The fraction of sp³-hybridized carbons (Fsp3) is 0.500. The first-order valence-corrected chi connectivity index (χ1v) is 11.5. The lowest BCUT2D eigenvalue weighted by Crippen LogP contribution is -2.15. The third kappa shape index (κ3) is 5.52. The van der Waals surface area contributed by atoms with Gasteiger partial charge in [0.1, 0.15) is 11.5 Å². The van der Waals surface area contributed by atoms with Crippen molar-refractivity contribution in [3.63, 3.8) is 0 Å². The molecule has 0 aliphatic heterocycles. The highest BCUT2D eigenvalue weighted by atomic mass is 16.5. The molecule has 0 N–H and O–H groups in total. The van der Waals surface area contributed by atoms with Crippen LogP contribution in [0.5, 0.6) is 5.75 Å². The number of pyridine rings is 1. The molecule has 0 saturated heterocycles. The number of ketones is 1. The summed E-state index contributed by atoms with van der Waals surface area (Å²) >= 11 is 0. The predicted molar refractivity (Wildman–Crippen MR) is 122 cm³/mol. The number of methoxy groups -OCH3 is 1. The van der Waals surface area contributed by atoms with Gasteiger partial charge in [0, 0.05) is 36.4 Å². The number of nitrogens with zero attached hydrogens (tertiary/aromatic N) is 2. The van der Waals surface area contributed by atoms with Gasteiger partial charge in [-0.05, 0) is 37.8 Å². The molecule has 2 aromatic heterocycles. The number of aryl methyl sites for hydroxylation is 2. The summed E-state index contributed by atoms with van der Waals surface area (Å²) in [6.45, 7) is 1.98. The van der Waals surface area contributed by atoms with Gasteiger partial charge in [-0.15, -0.1) is 0 Å². The largest absolute Gasteiger partial charge is 0.496 e. The second-order valence-corrected chi connectivity index (χ2v) is 8.77. The Bertz CT molecular complexity index is 1040. The SMILES string of the molecule is COc1cc2nc(C)ccc2cc1-c1cnc(CCCCCCC(=O)CC2CCC2)o1. The van der Waals surface area contributed by atoms with Crippen LogP contribution in [0.4, 0.5) is 0 Å². The van der Waals surface area contributed by atoms with E-state index in [9.17, 15) is 4.79 Å². The highest BCUT2D eigenvalue weighted by Gasteiger charge is 2.20. The molecule has 0 spiro atoms. The van der Waals surface area contributed by atoms with Gasteiger partial charge in [-0.1, -0.05) is 38.2 Å². The number of unbranched alkanes of at least 4 members (excludes halogenated alkanes) is 3. The fourth-order valence-electron chi connectivity index (χ4n) is 4.24. The number of fused-ring (bicyclic) bond motifs is 1. The van der Waals surface area contributed by atoms with Crippen molar-refractivity contribution in [3.05, 3.63) is 42.0 Å². The van der Waals surface area contributed by atoms with E-state index in [4.69, 9.17) is 9.15 Å². The van der Waals surface area contributed by atoms with E-state index in [2.05, 4.69) is 16.0 Å². The lowest BCUT2D eigenvalue weighted by Gasteiger charge is -2.24. The highest BCUT2D eigenvalue weighted by molar-refractivity contribution is 5.87. The van der Waals surface area contributed by atoms with Crippen LogP contribution in [-0.4, -0.2) is 22.9 Å². The number of carbonyl (C=O) groups excluding carboxylic acids is 1. The van der Waals surface area contributed by atoms with Gasteiger partial charge in [0.05, 0.1) is 24.4 Å².